The zero-order chi connectivity index (χ0) is 13.9. The molecule has 0 aliphatic carbocycles. The van der Waals surface area contributed by atoms with Crippen LogP contribution in [0.3, 0.4) is 0 Å². The molecular weight excluding hydrogens is 239 g/mol. The molecule has 0 saturated heterocycles. The Morgan fingerprint density at radius 2 is 2.11 bits per heavy atom. The van der Waals surface area contributed by atoms with Crippen LogP contribution in [0.4, 0.5) is 14.9 Å². The van der Waals surface area contributed by atoms with Crippen LogP contribution in [0.2, 0.25) is 0 Å². The number of carbonyl (C=O) groups is 1. The molecular formula is C12H17FN2O3. The Labute approximate surface area is 105 Å². The van der Waals surface area contributed by atoms with E-state index in [1.807, 2.05) is 0 Å². The highest BCUT2D eigenvalue weighted by molar-refractivity contribution is 5.87. The van der Waals surface area contributed by atoms with Gasteiger partial charge in [0.05, 0.1) is 5.69 Å². The van der Waals surface area contributed by atoms with Gasteiger partial charge >= 0.3 is 6.09 Å². The molecule has 100 valence electrons. The van der Waals surface area contributed by atoms with E-state index in [2.05, 4.69) is 4.98 Å². The summed E-state index contributed by atoms with van der Waals surface area (Å²) in [5.74, 6) is -0.995. The molecule has 1 rings (SSSR count). The van der Waals surface area contributed by atoms with Crippen LogP contribution in [0.15, 0.2) is 17.1 Å². The molecule has 1 heterocycles. The van der Waals surface area contributed by atoms with E-state index >= 15 is 0 Å². The van der Waals surface area contributed by atoms with Crippen LogP contribution >= 0.6 is 0 Å². The molecule has 0 atom stereocenters. The number of halogens is 1. The lowest BCUT2D eigenvalue weighted by molar-refractivity contribution is 0.0581. The monoisotopic (exact) mass is 256 g/mol. The van der Waals surface area contributed by atoms with Crippen molar-refractivity contribution in [3.8, 4) is 0 Å². The van der Waals surface area contributed by atoms with Crippen LogP contribution in [0, 0.1) is 5.82 Å². The number of amides is 1. The van der Waals surface area contributed by atoms with Gasteiger partial charge in [-0.05, 0) is 33.8 Å². The maximum Gasteiger partial charge on any atom is 0.414 e. The second kappa shape index (κ2) is 5.20. The average molecular weight is 256 g/mol. The molecule has 5 nitrogen and oxygen atoms in total. The highest BCUT2D eigenvalue weighted by Crippen LogP contribution is 2.18. The largest absolute Gasteiger partial charge is 0.443 e. The second-order valence-electron chi connectivity index (χ2n) is 4.73. The number of carbonyl (C=O) groups excluding carboxylic acids is 1. The number of rotatable bonds is 2. The minimum atomic E-state index is -0.995. The topological polar surface area (TPSA) is 62.4 Å². The number of nitrogens with zero attached hydrogens (tertiary/aromatic N) is 1. The Kier molecular flexibility index (Phi) is 4.11. The number of anilines is 1. The minimum Gasteiger partial charge on any atom is -0.443 e. The Balaban J connectivity index is 3.07. The summed E-state index contributed by atoms with van der Waals surface area (Å²) in [5.41, 5.74) is -1.63. The van der Waals surface area contributed by atoms with E-state index < -0.39 is 23.1 Å². The number of aromatic amines is 1. The number of aromatic nitrogens is 1. The zero-order valence-corrected chi connectivity index (χ0v) is 10.9. The number of pyridine rings is 1. The first-order valence-corrected chi connectivity index (χ1v) is 5.64. The average Bonchev–Trinajstić information content (AvgIpc) is 2.22. The molecule has 1 aromatic rings. The van der Waals surface area contributed by atoms with Gasteiger partial charge in [-0.15, -0.1) is 0 Å². The molecule has 0 radical (unpaired) electrons. The van der Waals surface area contributed by atoms with Gasteiger partial charge in [-0.1, -0.05) is 0 Å². The molecule has 1 N–H and O–H groups in total. The second-order valence-corrected chi connectivity index (χ2v) is 4.73. The van der Waals surface area contributed by atoms with Crippen molar-refractivity contribution in [2.45, 2.75) is 33.3 Å². The summed E-state index contributed by atoms with van der Waals surface area (Å²) in [7, 11) is 0. The number of H-pyrrole nitrogens is 1. The maximum absolute atomic E-state index is 13.6. The van der Waals surface area contributed by atoms with Gasteiger partial charge in [-0.2, -0.15) is 4.39 Å². The Bertz CT molecular complexity index is 491. The van der Waals surface area contributed by atoms with Crippen LogP contribution in [0.1, 0.15) is 27.7 Å². The first kappa shape index (κ1) is 14.2. The standard InChI is InChI=1S/C12H17FN2O3/c1-5-15(11(17)18-12(2,3)4)8-6-7-14-10(16)9(8)13/h6-7H,5H2,1-4H3,(H,14,16). The highest BCUT2D eigenvalue weighted by Gasteiger charge is 2.24. The lowest BCUT2D eigenvalue weighted by Gasteiger charge is -2.26. The first-order valence-electron chi connectivity index (χ1n) is 5.64. The predicted octanol–water partition coefficient (Wildman–Crippen LogP) is 2.28. The molecule has 0 unspecified atom stereocenters. The molecule has 0 aliphatic rings. The summed E-state index contributed by atoms with van der Waals surface area (Å²) in [5, 5.41) is 0. The molecule has 1 amide bonds. The number of hydrogen-bond donors (Lipinski definition) is 1. The van der Waals surface area contributed by atoms with E-state index in [0.29, 0.717) is 0 Å². The summed E-state index contributed by atoms with van der Waals surface area (Å²) in [6.07, 6.45) is 0.600. The Hall–Kier alpha value is -1.85. The van der Waals surface area contributed by atoms with Crippen molar-refractivity contribution < 1.29 is 13.9 Å². The first-order chi connectivity index (χ1) is 8.26. The van der Waals surface area contributed by atoms with Gasteiger partial charge in [0, 0.05) is 12.7 Å². The van der Waals surface area contributed by atoms with Crippen LogP contribution in [0.5, 0.6) is 0 Å². The molecule has 1 aromatic heterocycles. The summed E-state index contributed by atoms with van der Waals surface area (Å²) >= 11 is 0. The molecule has 0 spiro atoms. The van der Waals surface area contributed by atoms with Gasteiger partial charge in [0.25, 0.3) is 5.56 Å². The lowest BCUT2D eigenvalue weighted by atomic mass is 10.2. The number of nitrogens with one attached hydrogen (secondary N) is 1. The van der Waals surface area contributed by atoms with Gasteiger partial charge < -0.3 is 9.72 Å². The van der Waals surface area contributed by atoms with E-state index in [1.54, 1.807) is 27.7 Å². The summed E-state index contributed by atoms with van der Waals surface area (Å²) in [4.78, 5) is 26.3. The van der Waals surface area contributed by atoms with E-state index in [0.717, 1.165) is 4.90 Å². The molecule has 6 heteroatoms. The SMILES string of the molecule is CCN(C(=O)OC(C)(C)C)c1cc[nH]c(=O)c1F. The normalized spacial score (nSPS) is 11.2. The third-order valence-corrected chi connectivity index (χ3v) is 2.10. The molecule has 0 bridgehead atoms. The zero-order valence-electron chi connectivity index (χ0n) is 10.9. The van der Waals surface area contributed by atoms with Gasteiger partial charge in [0.1, 0.15) is 5.60 Å². The van der Waals surface area contributed by atoms with E-state index in [-0.39, 0.29) is 12.2 Å². The smallest absolute Gasteiger partial charge is 0.414 e. The van der Waals surface area contributed by atoms with Gasteiger partial charge in [-0.25, -0.2) is 4.79 Å². The van der Waals surface area contributed by atoms with Crippen molar-refractivity contribution in [3.05, 3.63) is 28.4 Å². The summed E-state index contributed by atoms with van der Waals surface area (Å²) < 4.78 is 18.8. The Morgan fingerprint density at radius 3 is 2.61 bits per heavy atom. The molecule has 18 heavy (non-hydrogen) atoms. The van der Waals surface area contributed by atoms with E-state index in [4.69, 9.17) is 4.74 Å². The van der Waals surface area contributed by atoms with Crippen molar-refractivity contribution in [3.63, 3.8) is 0 Å². The van der Waals surface area contributed by atoms with Crippen molar-refractivity contribution in [1.29, 1.82) is 0 Å². The van der Waals surface area contributed by atoms with Crippen LogP contribution in [0.25, 0.3) is 0 Å². The summed E-state index contributed by atoms with van der Waals surface area (Å²) in [6, 6.07) is 1.32. The molecule has 0 aromatic carbocycles. The molecule has 0 fully saturated rings. The Morgan fingerprint density at radius 1 is 1.50 bits per heavy atom. The number of hydrogen-bond acceptors (Lipinski definition) is 3. The van der Waals surface area contributed by atoms with E-state index in [9.17, 15) is 14.0 Å². The predicted molar refractivity (Wildman–Crippen MR) is 66.3 cm³/mol. The van der Waals surface area contributed by atoms with Crippen molar-refractivity contribution in [1.82, 2.24) is 4.98 Å². The minimum absolute atomic E-state index is 0.0875. The molecule has 0 aliphatic heterocycles. The van der Waals surface area contributed by atoms with Crippen LogP contribution in [-0.2, 0) is 4.74 Å². The fourth-order valence-electron chi connectivity index (χ4n) is 1.37. The van der Waals surface area contributed by atoms with Crippen LogP contribution < -0.4 is 10.5 Å². The van der Waals surface area contributed by atoms with Crippen molar-refractivity contribution in [2.75, 3.05) is 11.4 Å². The lowest BCUT2D eigenvalue weighted by Crippen LogP contribution is -2.38. The van der Waals surface area contributed by atoms with Gasteiger partial charge in [0.2, 0.25) is 5.82 Å². The fraction of sp³-hybridized carbons (Fsp3) is 0.500. The maximum atomic E-state index is 13.6. The quantitative estimate of drug-likeness (QED) is 0.883. The third kappa shape index (κ3) is 3.32. The molecule has 0 saturated carbocycles. The van der Waals surface area contributed by atoms with Crippen molar-refractivity contribution in [2.24, 2.45) is 0 Å². The summed E-state index contributed by atoms with van der Waals surface area (Å²) in [6.45, 7) is 7.02. The third-order valence-electron chi connectivity index (χ3n) is 2.10. The van der Waals surface area contributed by atoms with Crippen LogP contribution in [-0.4, -0.2) is 23.2 Å². The van der Waals surface area contributed by atoms with Crippen molar-refractivity contribution >= 4 is 11.8 Å². The van der Waals surface area contributed by atoms with Gasteiger partial charge in [-0.3, -0.25) is 9.69 Å². The fourth-order valence-corrected chi connectivity index (χ4v) is 1.37. The van der Waals surface area contributed by atoms with Gasteiger partial charge in [0.15, 0.2) is 0 Å². The number of ether oxygens (including phenoxy) is 1. The van der Waals surface area contributed by atoms with E-state index in [1.165, 1.54) is 12.3 Å². The highest BCUT2D eigenvalue weighted by atomic mass is 19.1.